The third-order valence-corrected chi connectivity index (χ3v) is 11.8. The van der Waals surface area contributed by atoms with Gasteiger partial charge in [-0.25, -0.2) is 0 Å². The number of hydrogen-bond donors (Lipinski definition) is 2. The Balaban J connectivity index is 1.54. The second kappa shape index (κ2) is 16.2. The van der Waals surface area contributed by atoms with Gasteiger partial charge in [0.1, 0.15) is 13.0 Å². The van der Waals surface area contributed by atoms with Crippen LogP contribution in [0.15, 0.2) is 54.6 Å². The molecule has 0 aliphatic heterocycles. The molecule has 3 atom stereocenters. The molecule has 0 heterocycles. The summed E-state index contributed by atoms with van der Waals surface area (Å²) >= 11 is 3.94. The topological polar surface area (TPSA) is 58.9 Å². The third kappa shape index (κ3) is 10.2. The van der Waals surface area contributed by atoms with Crippen molar-refractivity contribution in [1.29, 1.82) is 0 Å². The molecule has 0 spiro atoms. The number of rotatable bonds is 11. The summed E-state index contributed by atoms with van der Waals surface area (Å²) < 4.78 is 12.0. The fourth-order valence-electron chi connectivity index (χ4n) is 5.65. The summed E-state index contributed by atoms with van der Waals surface area (Å²) in [5.74, 6) is 3.12. The van der Waals surface area contributed by atoms with Crippen LogP contribution in [-0.4, -0.2) is 27.1 Å². The van der Waals surface area contributed by atoms with E-state index in [4.69, 9.17) is 9.47 Å². The molecule has 0 amide bonds. The van der Waals surface area contributed by atoms with Crippen molar-refractivity contribution in [2.24, 2.45) is 0 Å². The van der Waals surface area contributed by atoms with Crippen LogP contribution in [0.25, 0.3) is 0 Å². The zero-order chi connectivity index (χ0) is 32.6. The Hall–Kier alpha value is -2.01. The number of aromatic hydroxyl groups is 2. The summed E-state index contributed by atoms with van der Waals surface area (Å²) in [4.78, 5) is 0. The van der Waals surface area contributed by atoms with Crippen LogP contribution in [0.4, 0.5) is 0 Å². The number of hydrogen-bond acceptors (Lipinski definition) is 6. The maximum atomic E-state index is 11.4. The number of phenols is 2. The SMILES string of the molecule is CC(C)(C)c1cc(CSC2CCCCCCC2SCc2cc(C(C)(C)C)cc(OCc3ccccc3)c2O)c(O)c(OCP)c1. The van der Waals surface area contributed by atoms with Crippen LogP contribution >= 0.6 is 32.8 Å². The fourth-order valence-corrected chi connectivity index (χ4v) is 8.90. The van der Waals surface area contributed by atoms with Crippen LogP contribution in [0.2, 0.25) is 0 Å². The molecule has 4 rings (SSSR count). The molecule has 0 saturated heterocycles. The number of benzene rings is 3. The molecule has 1 aliphatic rings. The summed E-state index contributed by atoms with van der Waals surface area (Å²) in [6.45, 7) is 13.6. The molecule has 0 aromatic heterocycles. The van der Waals surface area contributed by atoms with Crippen molar-refractivity contribution in [3.63, 3.8) is 0 Å². The molecule has 7 heteroatoms. The van der Waals surface area contributed by atoms with Gasteiger partial charge in [-0.2, -0.15) is 23.5 Å². The maximum absolute atomic E-state index is 11.4. The van der Waals surface area contributed by atoms with Gasteiger partial charge in [-0.3, -0.25) is 0 Å². The normalized spacial score (nSPS) is 17.8. The van der Waals surface area contributed by atoms with Crippen LogP contribution in [0.3, 0.4) is 0 Å². The quantitative estimate of drug-likeness (QED) is 0.198. The molecule has 45 heavy (non-hydrogen) atoms. The highest BCUT2D eigenvalue weighted by Crippen LogP contribution is 2.44. The lowest BCUT2D eigenvalue weighted by Crippen LogP contribution is -2.22. The van der Waals surface area contributed by atoms with Crippen molar-refractivity contribution in [2.45, 2.75) is 120 Å². The van der Waals surface area contributed by atoms with Crippen LogP contribution in [-0.2, 0) is 28.9 Å². The average Bonchev–Trinajstić information content (AvgIpc) is 2.97. The van der Waals surface area contributed by atoms with E-state index in [1.54, 1.807) is 0 Å². The van der Waals surface area contributed by atoms with E-state index in [1.807, 2.05) is 66.0 Å². The van der Waals surface area contributed by atoms with Crippen molar-refractivity contribution in [2.75, 3.05) is 6.35 Å². The Bertz CT molecular complexity index is 1380. The van der Waals surface area contributed by atoms with Crippen LogP contribution in [0.5, 0.6) is 23.0 Å². The first kappa shape index (κ1) is 35.8. The van der Waals surface area contributed by atoms with Crippen LogP contribution < -0.4 is 9.47 Å². The predicted octanol–water partition coefficient (Wildman–Crippen LogP) is 10.7. The molecule has 1 saturated carbocycles. The monoisotopic (exact) mass is 668 g/mol. The Kier molecular flexibility index (Phi) is 12.9. The second-order valence-electron chi connectivity index (χ2n) is 14.2. The second-order valence-corrected chi connectivity index (χ2v) is 17.0. The van der Waals surface area contributed by atoms with Gasteiger partial charge in [0.25, 0.3) is 0 Å². The number of ether oxygens (including phenoxy) is 2. The molecule has 0 radical (unpaired) electrons. The van der Waals surface area contributed by atoms with Gasteiger partial charge in [0, 0.05) is 33.1 Å². The molecule has 0 bridgehead atoms. The van der Waals surface area contributed by atoms with Crippen LogP contribution in [0, 0.1) is 0 Å². The minimum Gasteiger partial charge on any atom is -0.504 e. The molecule has 3 aromatic rings. The van der Waals surface area contributed by atoms with Gasteiger partial charge in [0.2, 0.25) is 0 Å². The molecule has 1 fully saturated rings. The first-order valence-electron chi connectivity index (χ1n) is 16.3. The van der Waals surface area contributed by atoms with Gasteiger partial charge in [-0.15, -0.1) is 0 Å². The Morgan fingerprint density at radius 2 is 1.16 bits per heavy atom. The van der Waals surface area contributed by atoms with Crippen LogP contribution in [0.1, 0.15) is 108 Å². The first-order valence-corrected chi connectivity index (χ1v) is 19.2. The lowest BCUT2D eigenvalue weighted by atomic mass is 9.86. The average molecular weight is 669 g/mol. The molecule has 4 nitrogen and oxygen atoms in total. The van der Waals surface area contributed by atoms with E-state index < -0.39 is 0 Å². The van der Waals surface area contributed by atoms with E-state index in [2.05, 4.69) is 62.9 Å². The zero-order valence-corrected chi connectivity index (χ0v) is 30.8. The third-order valence-electron chi connectivity index (χ3n) is 8.56. The van der Waals surface area contributed by atoms with Crippen molar-refractivity contribution in [3.05, 3.63) is 82.4 Å². The highest BCUT2D eigenvalue weighted by molar-refractivity contribution is 8.03. The highest BCUT2D eigenvalue weighted by Gasteiger charge is 2.27. The number of thioether (sulfide) groups is 2. The first-order chi connectivity index (χ1) is 21.4. The Labute approximate surface area is 282 Å². The molecule has 3 unspecified atom stereocenters. The highest BCUT2D eigenvalue weighted by atomic mass is 32.2. The van der Waals surface area contributed by atoms with E-state index >= 15 is 0 Å². The maximum Gasteiger partial charge on any atom is 0.162 e. The van der Waals surface area contributed by atoms with E-state index in [1.165, 1.54) is 36.8 Å². The molecular weight excluding hydrogens is 616 g/mol. The molecular formula is C38H53O4PS2. The lowest BCUT2D eigenvalue weighted by molar-refractivity contribution is 0.287. The minimum absolute atomic E-state index is 0.0437. The van der Waals surface area contributed by atoms with Gasteiger partial charge in [0.05, 0.1) is 0 Å². The number of phenolic OH excluding ortho intramolecular Hbond substituents is 2. The van der Waals surface area contributed by atoms with E-state index in [9.17, 15) is 10.2 Å². The van der Waals surface area contributed by atoms with Gasteiger partial charge in [-0.05, 0) is 52.5 Å². The minimum atomic E-state index is -0.0702. The van der Waals surface area contributed by atoms with Gasteiger partial charge in [0.15, 0.2) is 23.0 Å². The zero-order valence-electron chi connectivity index (χ0n) is 28.0. The van der Waals surface area contributed by atoms with Gasteiger partial charge in [-0.1, -0.05) is 119 Å². The lowest BCUT2D eigenvalue weighted by Gasteiger charge is -2.30. The van der Waals surface area contributed by atoms with Crippen molar-refractivity contribution in [1.82, 2.24) is 0 Å². The van der Waals surface area contributed by atoms with E-state index in [0.717, 1.165) is 41.0 Å². The Morgan fingerprint density at radius 3 is 1.60 bits per heavy atom. The predicted molar refractivity (Wildman–Crippen MR) is 197 cm³/mol. The summed E-state index contributed by atoms with van der Waals surface area (Å²) in [5, 5.41) is 23.5. The van der Waals surface area contributed by atoms with E-state index in [0.29, 0.717) is 35.0 Å². The molecule has 246 valence electrons. The van der Waals surface area contributed by atoms with Crippen molar-refractivity contribution in [3.8, 4) is 23.0 Å². The summed E-state index contributed by atoms with van der Waals surface area (Å²) in [7, 11) is 2.58. The summed E-state index contributed by atoms with van der Waals surface area (Å²) in [5.41, 5.74) is 5.19. The Morgan fingerprint density at radius 1 is 0.689 bits per heavy atom. The van der Waals surface area contributed by atoms with Crippen molar-refractivity contribution < 1.29 is 19.7 Å². The van der Waals surface area contributed by atoms with Gasteiger partial charge < -0.3 is 19.7 Å². The smallest absolute Gasteiger partial charge is 0.162 e. The largest absolute Gasteiger partial charge is 0.504 e. The van der Waals surface area contributed by atoms with Crippen molar-refractivity contribution >= 4 is 32.8 Å². The van der Waals surface area contributed by atoms with E-state index in [-0.39, 0.29) is 22.3 Å². The standard InChI is InChI=1S/C38H53O4PS2/c1-37(2,3)29-18-27(35(39)31(20-29)41-22-26-14-10-9-11-15-26)23-44-33-16-12-7-8-13-17-34(33)45-24-28-19-30(38(4,5)6)21-32(36(28)40)42-25-43/h9-11,14-15,18-21,33-34,39-40H,7-8,12-13,16-17,22-25,43H2,1-6H3. The molecule has 2 N–H and O–H groups in total. The summed E-state index contributed by atoms with van der Waals surface area (Å²) in [6, 6.07) is 18.4. The summed E-state index contributed by atoms with van der Waals surface area (Å²) in [6.07, 6.45) is 7.78. The fraction of sp³-hybridized carbons (Fsp3) is 0.526. The molecule has 1 aliphatic carbocycles. The van der Waals surface area contributed by atoms with Gasteiger partial charge >= 0.3 is 0 Å². The molecule has 3 aromatic carbocycles.